The fraction of sp³-hybridized carbons (Fsp3) is 0.235. The molecule has 2 aromatic carbocycles. The molecule has 4 nitrogen and oxygen atoms in total. The molecular formula is C17H19F2N2O2+. The van der Waals surface area contributed by atoms with Crippen LogP contribution in [-0.2, 0) is 11.3 Å². The van der Waals surface area contributed by atoms with Gasteiger partial charge in [0, 0.05) is 5.56 Å². The summed E-state index contributed by atoms with van der Waals surface area (Å²) in [7, 11) is 3.21. The van der Waals surface area contributed by atoms with Crippen LogP contribution in [0.15, 0.2) is 42.5 Å². The summed E-state index contributed by atoms with van der Waals surface area (Å²) in [6.07, 6.45) is 0. The summed E-state index contributed by atoms with van der Waals surface area (Å²) in [5, 5.41) is 2.53. The normalized spacial score (nSPS) is 11.8. The number of carbonyl (C=O) groups is 1. The molecule has 0 bridgehead atoms. The molecule has 0 aliphatic carbocycles. The van der Waals surface area contributed by atoms with E-state index in [-0.39, 0.29) is 23.9 Å². The zero-order chi connectivity index (χ0) is 16.8. The zero-order valence-corrected chi connectivity index (χ0v) is 13.0. The maximum Gasteiger partial charge on any atom is 0.279 e. The first-order valence-electron chi connectivity index (χ1n) is 7.17. The Morgan fingerprint density at radius 1 is 1.17 bits per heavy atom. The number of halogens is 2. The molecule has 0 saturated heterocycles. The van der Waals surface area contributed by atoms with Crippen molar-refractivity contribution in [1.82, 2.24) is 0 Å². The highest BCUT2D eigenvalue weighted by molar-refractivity contribution is 5.91. The Hall–Kier alpha value is -2.47. The lowest BCUT2D eigenvalue weighted by atomic mass is 10.2. The van der Waals surface area contributed by atoms with Crippen LogP contribution in [0.1, 0.15) is 5.56 Å². The third kappa shape index (κ3) is 4.75. The molecule has 2 aromatic rings. The summed E-state index contributed by atoms with van der Waals surface area (Å²) in [5.74, 6) is -1.03. The highest BCUT2D eigenvalue weighted by Gasteiger charge is 2.13. The molecule has 0 aliphatic rings. The number of anilines is 1. The predicted molar refractivity (Wildman–Crippen MR) is 83.4 cm³/mol. The zero-order valence-electron chi connectivity index (χ0n) is 13.0. The first-order chi connectivity index (χ1) is 11.0. The van der Waals surface area contributed by atoms with Gasteiger partial charge in [0.15, 0.2) is 18.1 Å². The molecular weight excluding hydrogens is 302 g/mol. The van der Waals surface area contributed by atoms with E-state index >= 15 is 0 Å². The number of amides is 1. The molecule has 0 radical (unpaired) electrons. The highest BCUT2D eigenvalue weighted by atomic mass is 19.1. The fourth-order valence-electron chi connectivity index (χ4n) is 2.26. The third-order valence-corrected chi connectivity index (χ3v) is 3.33. The van der Waals surface area contributed by atoms with E-state index in [1.54, 1.807) is 24.3 Å². The molecule has 0 saturated carbocycles. The maximum atomic E-state index is 13.6. The van der Waals surface area contributed by atoms with Gasteiger partial charge in [-0.15, -0.1) is 0 Å². The van der Waals surface area contributed by atoms with Gasteiger partial charge in [0.1, 0.15) is 12.4 Å². The van der Waals surface area contributed by atoms with E-state index in [2.05, 4.69) is 5.32 Å². The first kappa shape index (κ1) is 16.9. The number of carbonyl (C=O) groups excluding carboxylic acids is 1. The van der Waals surface area contributed by atoms with Crippen molar-refractivity contribution in [2.75, 3.05) is 26.0 Å². The second kappa shape index (κ2) is 7.69. The lowest BCUT2D eigenvalue weighted by Crippen LogP contribution is -3.08. The smallest absolute Gasteiger partial charge is 0.279 e. The Kier molecular flexibility index (Phi) is 5.65. The molecule has 1 unspecified atom stereocenters. The van der Waals surface area contributed by atoms with E-state index in [0.717, 1.165) is 10.5 Å². The van der Waals surface area contributed by atoms with Crippen LogP contribution in [0, 0.1) is 11.6 Å². The number of ether oxygens (including phenoxy) is 1. The van der Waals surface area contributed by atoms with Crippen LogP contribution in [0.3, 0.4) is 0 Å². The van der Waals surface area contributed by atoms with Crippen molar-refractivity contribution in [2.45, 2.75) is 6.54 Å². The number of hydrogen-bond acceptors (Lipinski definition) is 2. The lowest BCUT2D eigenvalue weighted by molar-refractivity contribution is -0.885. The van der Waals surface area contributed by atoms with Gasteiger partial charge in [-0.2, -0.15) is 0 Å². The summed E-state index contributed by atoms with van der Waals surface area (Å²) in [6.45, 7) is 0.605. The third-order valence-electron chi connectivity index (χ3n) is 3.33. The van der Waals surface area contributed by atoms with Crippen molar-refractivity contribution in [2.24, 2.45) is 0 Å². The van der Waals surface area contributed by atoms with Gasteiger partial charge in [0.2, 0.25) is 0 Å². The molecule has 2 N–H and O–H groups in total. The van der Waals surface area contributed by atoms with Crippen LogP contribution < -0.4 is 15.0 Å². The molecule has 6 heteroatoms. The minimum absolute atomic E-state index is 0.141. The lowest BCUT2D eigenvalue weighted by Gasteiger charge is -2.14. The van der Waals surface area contributed by atoms with Crippen LogP contribution in [0.2, 0.25) is 0 Å². The largest absolute Gasteiger partial charge is 0.494 e. The standard InChI is InChI=1S/C17H18F2N2O2/c1-21(10-12-7-8-16(23-2)14(19)9-12)11-17(22)20-15-6-4-3-5-13(15)18/h3-9H,10-11H2,1-2H3,(H,20,22)/p+1. The van der Waals surface area contributed by atoms with Gasteiger partial charge < -0.3 is 15.0 Å². The number of benzene rings is 2. The second-order valence-electron chi connectivity index (χ2n) is 5.31. The number of rotatable bonds is 6. The Morgan fingerprint density at radius 2 is 1.91 bits per heavy atom. The van der Waals surface area contributed by atoms with Gasteiger partial charge >= 0.3 is 0 Å². The summed E-state index contributed by atoms with van der Waals surface area (Å²) in [5.41, 5.74) is 0.903. The molecule has 0 spiro atoms. The molecule has 0 aliphatic heterocycles. The average molecular weight is 321 g/mol. The van der Waals surface area contributed by atoms with Gasteiger partial charge in [-0.05, 0) is 30.3 Å². The minimum atomic E-state index is -0.476. The van der Waals surface area contributed by atoms with Crippen molar-refractivity contribution in [3.63, 3.8) is 0 Å². The molecule has 0 aromatic heterocycles. The highest BCUT2D eigenvalue weighted by Crippen LogP contribution is 2.17. The van der Waals surface area contributed by atoms with Crippen molar-refractivity contribution in [3.8, 4) is 5.75 Å². The van der Waals surface area contributed by atoms with Crippen LogP contribution in [0.25, 0.3) is 0 Å². The Morgan fingerprint density at radius 3 is 2.57 bits per heavy atom. The predicted octanol–water partition coefficient (Wildman–Crippen LogP) is 1.63. The molecule has 122 valence electrons. The van der Waals surface area contributed by atoms with Crippen LogP contribution in [-0.4, -0.2) is 26.6 Å². The molecule has 1 amide bonds. The van der Waals surface area contributed by atoms with E-state index in [0.29, 0.717) is 6.54 Å². The number of para-hydroxylation sites is 1. The molecule has 2 rings (SSSR count). The average Bonchev–Trinajstić information content (AvgIpc) is 2.49. The van der Waals surface area contributed by atoms with Crippen LogP contribution >= 0.6 is 0 Å². The van der Waals surface area contributed by atoms with Crippen molar-refractivity contribution in [1.29, 1.82) is 0 Å². The molecule has 1 atom stereocenters. The first-order valence-corrected chi connectivity index (χ1v) is 7.17. The molecule has 0 heterocycles. The van der Waals surface area contributed by atoms with Gasteiger partial charge in [0.05, 0.1) is 19.8 Å². The van der Waals surface area contributed by atoms with Gasteiger partial charge in [-0.25, -0.2) is 8.78 Å². The Labute approximate surface area is 133 Å². The minimum Gasteiger partial charge on any atom is -0.494 e. The summed E-state index contributed by atoms with van der Waals surface area (Å²) in [4.78, 5) is 12.8. The topological polar surface area (TPSA) is 42.8 Å². The van der Waals surface area contributed by atoms with E-state index in [1.807, 2.05) is 7.05 Å². The van der Waals surface area contributed by atoms with E-state index in [1.165, 1.54) is 25.3 Å². The van der Waals surface area contributed by atoms with E-state index in [4.69, 9.17) is 4.74 Å². The SMILES string of the molecule is COc1ccc(C[NH+](C)CC(=O)Nc2ccccc2F)cc1F. The quantitative estimate of drug-likeness (QED) is 0.849. The Balaban J connectivity index is 1.91. The number of methoxy groups -OCH3 is 1. The number of quaternary nitrogens is 1. The maximum absolute atomic E-state index is 13.6. The second-order valence-corrected chi connectivity index (χ2v) is 5.31. The number of nitrogens with one attached hydrogen (secondary N) is 2. The van der Waals surface area contributed by atoms with Gasteiger partial charge in [-0.3, -0.25) is 4.79 Å². The van der Waals surface area contributed by atoms with E-state index in [9.17, 15) is 13.6 Å². The monoisotopic (exact) mass is 321 g/mol. The van der Waals surface area contributed by atoms with Crippen LogP contribution in [0.5, 0.6) is 5.75 Å². The molecule has 0 fully saturated rings. The van der Waals surface area contributed by atoms with Crippen molar-refractivity contribution in [3.05, 3.63) is 59.7 Å². The van der Waals surface area contributed by atoms with Crippen molar-refractivity contribution < 1.29 is 23.2 Å². The van der Waals surface area contributed by atoms with Crippen molar-refractivity contribution >= 4 is 11.6 Å². The van der Waals surface area contributed by atoms with Gasteiger partial charge in [0.25, 0.3) is 5.91 Å². The van der Waals surface area contributed by atoms with Gasteiger partial charge in [-0.1, -0.05) is 12.1 Å². The van der Waals surface area contributed by atoms with E-state index < -0.39 is 11.6 Å². The summed E-state index contributed by atoms with van der Waals surface area (Å²) < 4.78 is 32.0. The Bertz CT molecular complexity index is 692. The number of hydrogen-bond donors (Lipinski definition) is 2. The summed E-state index contributed by atoms with van der Waals surface area (Å²) >= 11 is 0. The number of likely N-dealkylation sites (N-methyl/N-ethyl adjacent to an activating group) is 1. The summed E-state index contributed by atoms with van der Waals surface area (Å²) in [6, 6.07) is 10.7. The fourth-order valence-corrected chi connectivity index (χ4v) is 2.26. The van der Waals surface area contributed by atoms with Crippen LogP contribution in [0.4, 0.5) is 14.5 Å². The molecule has 23 heavy (non-hydrogen) atoms.